The van der Waals surface area contributed by atoms with Gasteiger partial charge in [0.05, 0.1) is 6.10 Å². The van der Waals surface area contributed by atoms with Gasteiger partial charge in [-0.2, -0.15) is 0 Å². The Bertz CT molecular complexity index is 771. The van der Waals surface area contributed by atoms with E-state index in [4.69, 9.17) is 11.5 Å². The highest BCUT2D eigenvalue weighted by molar-refractivity contribution is 5.52. The monoisotopic (exact) mass is 424 g/mol. The third kappa shape index (κ3) is 6.74. The summed E-state index contributed by atoms with van der Waals surface area (Å²) in [6.07, 6.45) is 8.50. The van der Waals surface area contributed by atoms with Crippen LogP contribution in [0.4, 0.5) is 11.4 Å². The maximum absolute atomic E-state index is 11.2. The molecule has 0 amide bonds. The van der Waals surface area contributed by atoms with Crippen molar-refractivity contribution in [3.8, 4) is 0 Å². The molecule has 4 atom stereocenters. The summed E-state index contributed by atoms with van der Waals surface area (Å²) in [5, 5.41) is 11.2. The lowest BCUT2D eigenvalue weighted by atomic mass is 9.76. The van der Waals surface area contributed by atoms with Gasteiger partial charge in [-0.1, -0.05) is 90.5 Å². The number of rotatable bonds is 13. The van der Waals surface area contributed by atoms with Crippen LogP contribution >= 0.6 is 0 Å². The largest absolute Gasteiger partial charge is 0.399 e. The third-order valence-electron chi connectivity index (χ3n) is 6.91. The zero-order chi connectivity index (χ0) is 22.8. The Morgan fingerprint density at radius 1 is 0.742 bits per heavy atom. The lowest BCUT2D eigenvalue weighted by Gasteiger charge is -2.29. The molecule has 0 fully saturated rings. The molecule has 4 unspecified atom stereocenters. The minimum atomic E-state index is -0.515. The van der Waals surface area contributed by atoms with Crippen LogP contribution in [0.1, 0.15) is 108 Å². The summed E-state index contributed by atoms with van der Waals surface area (Å²) in [7, 11) is 0. The minimum absolute atomic E-state index is 0.245. The van der Waals surface area contributed by atoms with Crippen molar-refractivity contribution >= 4 is 11.4 Å². The number of aliphatic hydroxyl groups is 1. The molecule has 2 aromatic carbocycles. The normalized spacial score (nSPS) is 15.4. The topological polar surface area (TPSA) is 72.3 Å². The van der Waals surface area contributed by atoms with Crippen LogP contribution in [-0.4, -0.2) is 5.11 Å². The summed E-state index contributed by atoms with van der Waals surface area (Å²) < 4.78 is 0. The molecule has 172 valence electrons. The number of hydrogen-bond donors (Lipinski definition) is 3. The Labute approximate surface area is 190 Å². The molecule has 2 aromatic rings. The van der Waals surface area contributed by atoms with Crippen LogP contribution in [0, 0.1) is 11.8 Å². The first-order valence-corrected chi connectivity index (χ1v) is 12.4. The maximum Gasteiger partial charge on any atom is 0.0838 e. The lowest BCUT2D eigenvalue weighted by molar-refractivity contribution is 0.0994. The molecular formula is C28H44N2O. The zero-order valence-electron chi connectivity index (χ0n) is 20.1. The van der Waals surface area contributed by atoms with E-state index in [0.717, 1.165) is 43.4 Å². The molecule has 5 N–H and O–H groups in total. The summed E-state index contributed by atoms with van der Waals surface area (Å²) in [6.45, 7) is 8.91. The van der Waals surface area contributed by atoms with Crippen molar-refractivity contribution in [2.24, 2.45) is 11.8 Å². The Morgan fingerprint density at radius 3 is 1.84 bits per heavy atom. The molecule has 0 aliphatic rings. The van der Waals surface area contributed by atoms with E-state index >= 15 is 0 Å². The van der Waals surface area contributed by atoms with Gasteiger partial charge in [-0.05, 0) is 54.0 Å². The average molecular weight is 425 g/mol. The predicted octanol–water partition coefficient (Wildman–Crippen LogP) is 7.45. The molecule has 0 saturated heterocycles. The average Bonchev–Trinajstić information content (AvgIpc) is 2.78. The molecular weight excluding hydrogens is 380 g/mol. The summed E-state index contributed by atoms with van der Waals surface area (Å²) >= 11 is 0. The van der Waals surface area contributed by atoms with Crippen molar-refractivity contribution in [1.82, 2.24) is 0 Å². The number of unbranched alkanes of at least 4 members (excludes halogenated alkanes) is 2. The number of benzene rings is 2. The molecule has 2 rings (SSSR count). The van der Waals surface area contributed by atoms with Gasteiger partial charge < -0.3 is 16.6 Å². The van der Waals surface area contributed by atoms with Crippen molar-refractivity contribution in [3.05, 3.63) is 59.2 Å². The predicted molar refractivity (Wildman–Crippen MR) is 135 cm³/mol. The fraction of sp³-hybridized carbons (Fsp3) is 0.571. The first-order valence-electron chi connectivity index (χ1n) is 12.4. The number of nitrogen functional groups attached to an aromatic ring is 2. The van der Waals surface area contributed by atoms with Crippen molar-refractivity contribution in [1.29, 1.82) is 0 Å². The van der Waals surface area contributed by atoms with Crippen molar-refractivity contribution in [2.45, 2.75) is 91.1 Å². The van der Waals surface area contributed by atoms with E-state index in [0.29, 0.717) is 11.6 Å². The standard InChI is InChI=1S/C28H44N2O/c1-5-9-11-20(7-3)27(22-13-16-24(29)17-14-22)23-15-18-26(30)25(19-23)28(31)21(8-4)12-10-6-2/h13-21,27-28,31H,5-12,29-30H2,1-4H3. The summed E-state index contributed by atoms with van der Waals surface area (Å²) in [4.78, 5) is 0. The van der Waals surface area contributed by atoms with Gasteiger partial charge in [0, 0.05) is 22.9 Å². The van der Waals surface area contributed by atoms with Gasteiger partial charge in [-0.15, -0.1) is 0 Å². The van der Waals surface area contributed by atoms with E-state index in [9.17, 15) is 5.11 Å². The van der Waals surface area contributed by atoms with Gasteiger partial charge in [0.25, 0.3) is 0 Å². The van der Waals surface area contributed by atoms with Crippen LogP contribution in [0.2, 0.25) is 0 Å². The first-order chi connectivity index (χ1) is 15.0. The molecule has 0 heterocycles. The van der Waals surface area contributed by atoms with Crippen LogP contribution in [0.15, 0.2) is 42.5 Å². The summed E-state index contributed by atoms with van der Waals surface area (Å²) in [5.41, 5.74) is 17.3. The fourth-order valence-electron chi connectivity index (χ4n) is 4.86. The zero-order valence-corrected chi connectivity index (χ0v) is 20.1. The lowest BCUT2D eigenvalue weighted by Crippen LogP contribution is -2.17. The van der Waals surface area contributed by atoms with Crippen LogP contribution in [0.25, 0.3) is 0 Å². The van der Waals surface area contributed by atoms with Gasteiger partial charge in [-0.3, -0.25) is 0 Å². The molecule has 0 saturated carbocycles. The molecule has 0 aromatic heterocycles. The second-order valence-electron chi connectivity index (χ2n) is 9.10. The minimum Gasteiger partial charge on any atom is -0.399 e. The van der Waals surface area contributed by atoms with Gasteiger partial charge in [-0.25, -0.2) is 0 Å². The number of aliphatic hydroxyl groups excluding tert-OH is 1. The number of nitrogens with two attached hydrogens (primary N) is 2. The Morgan fingerprint density at radius 2 is 1.29 bits per heavy atom. The molecule has 3 heteroatoms. The maximum atomic E-state index is 11.2. The van der Waals surface area contributed by atoms with E-state index in [1.165, 1.54) is 30.4 Å². The molecule has 0 aliphatic carbocycles. The molecule has 0 radical (unpaired) electrons. The first kappa shape index (κ1) is 25.3. The quantitative estimate of drug-likeness (QED) is 0.292. The molecule has 31 heavy (non-hydrogen) atoms. The highest BCUT2D eigenvalue weighted by atomic mass is 16.3. The van der Waals surface area contributed by atoms with Crippen molar-refractivity contribution in [3.63, 3.8) is 0 Å². The van der Waals surface area contributed by atoms with E-state index in [2.05, 4.69) is 52.0 Å². The molecule has 0 aliphatic heterocycles. The van der Waals surface area contributed by atoms with E-state index in [-0.39, 0.29) is 11.8 Å². The summed E-state index contributed by atoms with van der Waals surface area (Å²) in [6, 6.07) is 14.7. The highest BCUT2D eigenvalue weighted by Gasteiger charge is 2.26. The highest BCUT2D eigenvalue weighted by Crippen LogP contribution is 2.40. The Hall–Kier alpha value is -2.00. The van der Waals surface area contributed by atoms with Gasteiger partial charge in [0.15, 0.2) is 0 Å². The number of anilines is 2. The van der Waals surface area contributed by atoms with Crippen LogP contribution < -0.4 is 11.5 Å². The van der Waals surface area contributed by atoms with Crippen LogP contribution in [0.3, 0.4) is 0 Å². The van der Waals surface area contributed by atoms with Gasteiger partial charge >= 0.3 is 0 Å². The smallest absolute Gasteiger partial charge is 0.0838 e. The SMILES string of the molecule is CCCCC(CC)C(O)c1cc(C(c2ccc(N)cc2)C(CC)CCCC)ccc1N. The van der Waals surface area contributed by atoms with E-state index in [1.807, 2.05) is 18.2 Å². The van der Waals surface area contributed by atoms with Crippen LogP contribution in [-0.2, 0) is 0 Å². The van der Waals surface area contributed by atoms with Crippen molar-refractivity contribution < 1.29 is 5.11 Å². The molecule has 0 bridgehead atoms. The Kier molecular flexibility index (Phi) is 10.4. The van der Waals surface area contributed by atoms with Gasteiger partial charge in [0.1, 0.15) is 0 Å². The van der Waals surface area contributed by atoms with Crippen molar-refractivity contribution in [2.75, 3.05) is 11.5 Å². The van der Waals surface area contributed by atoms with E-state index in [1.54, 1.807) is 0 Å². The van der Waals surface area contributed by atoms with E-state index < -0.39 is 6.10 Å². The van der Waals surface area contributed by atoms with Gasteiger partial charge in [0.2, 0.25) is 0 Å². The Balaban J connectivity index is 2.48. The van der Waals surface area contributed by atoms with Crippen LogP contribution in [0.5, 0.6) is 0 Å². The third-order valence-corrected chi connectivity index (χ3v) is 6.91. The second kappa shape index (κ2) is 12.8. The number of hydrogen-bond acceptors (Lipinski definition) is 3. The summed E-state index contributed by atoms with van der Waals surface area (Å²) in [5.74, 6) is 1.06. The molecule has 3 nitrogen and oxygen atoms in total. The molecule has 0 spiro atoms. The fourth-order valence-corrected chi connectivity index (χ4v) is 4.86. The second-order valence-corrected chi connectivity index (χ2v) is 9.10.